The molecule has 3 nitrogen and oxygen atoms in total. The molecule has 0 aliphatic carbocycles. The second-order valence-electron chi connectivity index (χ2n) is 4.92. The molecule has 1 aromatic heterocycles. The van der Waals surface area contributed by atoms with Crippen molar-refractivity contribution in [1.82, 2.24) is 9.97 Å². The van der Waals surface area contributed by atoms with Crippen molar-refractivity contribution in [3.05, 3.63) is 30.0 Å². The Morgan fingerprint density at radius 2 is 2.24 bits per heavy atom. The number of nitrogens with zero attached hydrogens (tertiary/aromatic N) is 2. The zero-order valence-electron chi connectivity index (χ0n) is 10.3. The minimum atomic E-state index is -0.507. The molecule has 1 rings (SSSR count). The van der Waals surface area contributed by atoms with E-state index in [4.69, 9.17) is 11.6 Å². The lowest BCUT2D eigenvalue weighted by Crippen LogP contribution is -2.34. The molecule has 1 aromatic rings. The Morgan fingerprint density at radius 3 is 2.76 bits per heavy atom. The molecule has 1 atom stereocenters. The highest BCUT2D eigenvalue weighted by Gasteiger charge is 2.24. The fourth-order valence-corrected chi connectivity index (χ4v) is 1.54. The molecular weight excluding hydrogens is 241 g/mol. The summed E-state index contributed by atoms with van der Waals surface area (Å²) in [5.41, 5.74) is -0.0436. The Balaban J connectivity index is 2.93. The van der Waals surface area contributed by atoms with Crippen molar-refractivity contribution in [2.75, 3.05) is 5.32 Å². The summed E-state index contributed by atoms with van der Waals surface area (Å²) < 4.78 is 13.5. The molecule has 0 bridgehead atoms. The molecule has 1 heterocycles. The maximum Gasteiger partial charge on any atom is 0.224 e. The van der Waals surface area contributed by atoms with Crippen LogP contribution in [0.5, 0.6) is 0 Å². The minimum Gasteiger partial charge on any atom is -0.364 e. The second kappa shape index (κ2) is 5.45. The third-order valence-electron chi connectivity index (χ3n) is 2.47. The van der Waals surface area contributed by atoms with Crippen LogP contribution in [0.25, 0.3) is 0 Å². The van der Waals surface area contributed by atoms with Crippen LogP contribution in [0, 0.1) is 11.2 Å². The van der Waals surface area contributed by atoms with Crippen molar-refractivity contribution in [3.8, 4) is 0 Å². The zero-order valence-corrected chi connectivity index (χ0v) is 11.1. The fraction of sp³-hybridized carbons (Fsp3) is 0.500. The maximum absolute atomic E-state index is 13.5. The first-order valence-corrected chi connectivity index (χ1v) is 5.78. The van der Waals surface area contributed by atoms with Gasteiger partial charge in [-0.3, -0.25) is 0 Å². The predicted molar refractivity (Wildman–Crippen MR) is 68.7 cm³/mol. The number of nitrogens with one attached hydrogen (secondary N) is 1. The molecule has 0 saturated carbocycles. The first kappa shape index (κ1) is 13.9. The van der Waals surface area contributed by atoms with Gasteiger partial charge < -0.3 is 5.32 Å². The van der Waals surface area contributed by atoms with Crippen LogP contribution in [0.1, 0.15) is 27.2 Å². The summed E-state index contributed by atoms with van der Waals surface area (Å²) >= 11 is 5.64. The predicted octanol–water partition coefficient (Wildman–Crippen LogP) is 3.67. The lowest BCUT2D eigenvalue weighted by Gasteiger charge is -2.31. The van der Waals surface area contributed by atoms with E-state index < -0.39 is 5.82 Å². The Kier molecular flexibility index (Phi) is 4.46. The minimum absolute atomic E-state index is 0.0279. The van der Waals surface area contributed by atoms with E-state index in [0.29, 0.717) is 6.42 Å². The summed E-state index contributed by atoms with van der Waals surface area (Å²) in [4.78, 5) is 7.42. The largest absolute Gasteiger partial charge is 0.364 e. The summed E-state index contributed by atoms with van der Waals surface area (Å²) in [5, 5.41) is 3.08. The molecule has 0 spiro atoms. The van der Waals surface area contributed by atoms with Gasteiger partial charge in [-0.1, -0.05) is 26.8 Å². The molecular formula is C12H17ClFN3. The smallest absolute Gasteiger partial charge is 0.224 e. The van der Waals surface area contributed by atoms with E-state index in [0.717, 1.165) is 6.20 Å². The van der Waals surface area contributed by atoms with Crippen LogP contribution in [-0.4, -0.2) is 16.0 Å². The van der Waals surface area contributed by atoms with Crippen molar-refractivity contribution >= 4 is 17.4 Å². The van der Waals surface area contributed by atoms with Crippen LogP contribution in [0.2, 0.25) is 5.28 Å². The topological polar surface area (TPSA) is 37.8 Å². The molecule has 5 heteroatoms. The molecule has 94 valence electrons. The Hall–Kier alpha value is -1.16. The highest BCUT2D eigenvalue weighted by Crippen LogP contribution is 2.26. The first-order chi connectivity index (χ1) is 7.84. The lowest BCUT2D eigenvalue weighted by atomic mass is 9.85. The van der Waals surface area contributed by atoms with Gasteiger partial charge in [-0.25, -0.2) is 9.37 Å². The van der Waals surface area contributed by atoms with Gasteiger partial charge in [-0.2, -0.15) is 4.98 Å². The van der Waals surface area contributed by atoms with E-state index >= 15 is 0 Å². The van der Waals surface area contributed by atoms with E-state index in [-0.39, 0.29) is 22.6 Å². The summed E-state index contributed by atoms with van der Waals surface area (Å²) in [6, 6.07) is 0.0282. The van der Waals surface area contributed by atoms with Crippen LogP contribution in [0.4, 0.5) is 10.2 Å². The number of hydrogen-bond acceptors (Lipinski definition) is 3. The third-order valence-corrected chi connectivity index (χ3v) is 2.66. The Morgan fingerprint density at radius 1 is 1.59 bits per heavy atom. The van der Waals surface area contributed by atoms with Gasteiger partial charge >= 0.3 is 0 Å². The van der Waals surface area contributed by atoms with E-state index in [1.807, 2.05) is 0 Å². The van der Waals surface area contributed by atoms with Gasteiger partial charge in [0, 0.05) is 6.04 Å². The van der Waals surface area contributed by atoms with Crippen molar-refractivity contribution in [2.45, 2.75) is 33.2 Å². The molecule has 17 heavy (non-hydrogen) atoms. The van der Waals surface area contributed by atoms with Gasteiger partial charge in [-0.15, -0.1) is 6.58 Å². The molecule has 0 aliphatic heterocycles. The van der Waals surface area contributed by atoms with Crippen molar-refractivity contribution in [2.24, 2.45) is 5.41 Å². The second-order valence-corrected chi connectivity index (χ2v) is 5.26. The first-order valence-electron chi connectivity index (χ1n) is 5.40. The average Bonchev–Trinajstić information content (AvgIpc) is 2.21. The van der Waals surface area contributed by atoms with Gasteiger partial charge in [0.1, 0.15) is 0 Å². The van der Waals surface area contributed by atoms with Crippen LogP contribution in [0.15, 0.2) is 18.9 Å². The SMILES string of the molecule is C=CCC(Nc1nc(Cl)ncc1F)C(C)(C)C. The summed E-state index contributed by atoms with van der Waals surface area (Å²) in [6.07, 6.45) is 3.57. The molecule has 0 aromatic carbocycles. The zero-order chi connectivity index (χ0) is 13.1. The number of hydrogen-bond donors (Lipinski definition) is 1. The summed E-state index contributed by atoms with van der Waals surface area (Å²) in [6.45, 7) is 9.90. The molecule has 0 saturated heterocycles. The van der Waals surface area contributed by atoms with Gasteiger partial charge in [-0.05, 0) is 23.4 Å². The fourth-order valence-electron chi connectivity index (χ4n) is 1.41. The molecule has 1 N–H and O–H groups in total. The molecule has 0 aliphatic rings. The Labute approximate surface area is 106 Å². The lowest BCUT2D eigenvalue weighted by molar-refractivity contribution is 0.340. The highest BCUT2D eigenvalue weighted by molar-refractivity contribution is 6.28. The van der Waals surface area contributed by atoms with Crippen molar-refractivity contribution in [1.29, 1.82) is 0 Å². The van der Waals surface area contributed by atoms with E-state index in [9.17, 15) is 4.39 Å². The van der Waals surface area contributed by atoms with Crippen LogP contribution < -0.4 is 5.32 Å². The van der Waals surface area contributed by atoms with Gasteiger partial charge in [0.05, 0.1) is 6.20 Å². The third kappa shape index (κ3) is 3.97. The van der Waals surface area contributed by atoms with Gasteiger partial charge in [0.2, 0.25) is 5.28 Å². The van der Waals surface area contributed by atoms with E-state index in [1.165, 1.54) is 0 Å². The van der Waals surface area contributed by atoms with Crippen molar-refractivity contribution < 1.29 is 4.39 Å². The average molecular weight is 258 g/mol. The molecule has 0 fully saturated rings. The van der Waals surface area contributed by atoms with Crippen LogP contribution in [-0.2, 0) is 0 Å². The van der Waals surface area contributed by atoms with Crippen LogP contribution in [0.3, 0.4) is 0 Å². The van der Waals surface area contributed by atoms with Crippen molar-refractivity contribution in [3.63, 3.8) is 0 Å². The monoisotopic (exact) mass is 257 g/mol. The molecule has 1 unspecified atom stereocenters. The highest BCUT2D eigenvalue weighted by atomic mass is 35.5. The quantitative estimate of drug-likeness (QED) is 0.661. The van der Waals surface area contributed by atoms with E-state index in [1.54, 1.807) is 6.08 Å². The van der Waals surface area contributed by atoms with Gasteiger partial charge in [0.25, 0.3) is 0 Å². The number of anilines is 1. The molecule has 0 radical (unpaired) electrons. The normalized spacial score (nSPS) is 13.2. The maximum atomic E-state index is 13.5. The summed E-state index contributed by atoms with van der Waals surface area (Å²) in [5.74, 6) is -0.375. The number of halogens is 2. The number of aromatic nitrogens is 2. The van der Waals surface area contributed by atoms with E-state index in [2.05, 4.69) is 42.6 Å². The molecule has 0 amide bonds. The van der Waals surface area contributed by atoms with Gasteiger partial charge in [0.15, 0.2) is 11.6 Å². The number of rotatable bonds is 4. The summed E-state index contributed by atoms with van der Waals surface area (Å²) in [7, 11) is 0. The standard InChI is InChI=1S/C12H17ClFN3/c1-5-6-9(12(2,3)4)16-10-8(14)7-15-11(13)17-10/h5,7,9H,1,6H2,2-4H3,(H,15,16,17). The Bertz CT molecular complexity index is 401. The van der Waals surface area contributed by atoms with Crippen LogP contribution >= 0.6 is 11.6 Å².